The van der Waals surface area contributed by atoms with E-state index in [9.17, 15) is 18.0 Å². The summed E-state index contributed by atoms with van der Waals surface area (Å²) in [5, 5.41) is 6.23. The van der Waals surface area contributed by atoms with Gasteiger partial charge in [-0.2, -0.15) is 9.97 Å². The number of benzene rings is 1. The molecule has 2 aromatic heterocycles. The molecule has 0 saturated carbocycles. The van der Waals surface area contributed by atoms with Crippen LogP contribution in [-0.4, -0.2) is 62.9 Å². The first-order valence-corrected chi connectivity index (χ1v) is 14.4. The highest BCUT2D eigenvalue weighted by Crippen LogP contribution is 2.34. The first kappa shape index (κ1) is 30.5. The van der Waals surface area contributed by atoms with E-state index in [-0.39, 0.29) is 51.4 Å². The topological polar surface area (TPSA) is 167 Å². The largest absolute Gasteiger partial charge is 0.481 e. The molecule has 0 aliphatic heterocycles. The number of thiocarbonyl (C=S) groups is 1. The lowest BCUT2D eigenvalue weighted by Gasteiger charge is -2.12. The number of carbonyl (C=O) groups is 2. The summed E-state index contributed by atoms with van der Waals surface area (Å²) in [7, 11) is -1.30. The number of nitrogens with zero attached hydrogens (tertiary/aromatic N) is 2. The van der Waals surface area contributed by atoms with Gasteiger partial charge < -0.3 is 29.6 Å². The van der Waals surface area contributed by atoms with Crippen LogP contribution in [-0.2, 0) is 19.5 Å². The molecule has 0 saturated heterocycles. The second-order valence-electron chi connectivity index (χ2n) is 7.69. The van der Waals surface area contributed by atoms with Crippen LogP contribution in [0.1, 0.15) is 39.4 Å². The summed E-state index contributed by atoms with van der Waals surface area (Å²) >= 11 is 6.40. The van der Waals surface area contributed by atoms with Crippen LogP contribution in [0.3, 0.4) is 0 Å². The summed E-state index contributed by atoms with van der Waals surface area (Å²) < 4.78 is 48.3. The van der Waals surface area contributed by atoms with Crippen LogP contribution in [0.25, 0.3) is 0 Å². The lowest BCUT2D eigenvalue weighted by atomic mass is 10.1. The smallest absolute Gasteiger partial charge is 0.348 e. The van der Waals surface area contributed by atoms with Crippen LogP contribution >= 0.6 is 23.6 Å². The second-order valence-corrected chi connectivity index (χ2v) is 10.8. The van der Waals surface area contributed by atoms with Crippen molar-refractivity contribution >= 4 is 67.1 Å². The van der Waals surface area contributed by atoms with Crippen molar-refractivity contribution in [1.82, 2.24) is 9.97 Å². The molecule has 0 spiro atoms. The molecule has 214 valence electrons. The molecule has 3 rings (SSSR count). The quantitative estimate of drug-likeness (QED) is 0.212. The van der Waals surface area contributed by atoms with Gasteiger partial charge in [0.05, 0.1) is 37.9 Å². The van der Waals surface area contributed by atoms with Gasteiger partial charge in [-0.05, 0) is 62.8 Å². The van der Waals surface area contributed by atoms with Crippen molar-refractivity contribution in [2.45, 2.75) is 25.7 Å². The molecule has 0 unspecified atom stereocenters. The van der Waals surface area contributed by atoms with E-state index in [1.54, 1.807) is 20.8 Å². The van der Waals surface area contributed by atoms with Crippen molar-refractivity contribution in [2.75, 3.05) is 42.8 Å². The fourth-order valence-electron chi connectivity index (χ4n) is 3.27. The fraction of sp³-hybridized carbons (Fsp3) is 0.292. The van der Waals surface area contributed by atoms with Crippen molar-refractivity contribution in [3.8, 4) is 11.9 Å². The number of methoxy groups -OCH3 is 2. The maximum absolute atomic E-state index is 12.9. The molecule has 16 heteroatoms. The predicted molar refractivity (Wildman–Crippen MR) is 153 cm³/mol. The zero-order valence-corrected chi connectivity index (χ0v) is 24.6. The molecule has 40 heavy (non-hydrogen) atoms. The molecule has 0 aliphatic rings. The fourth-order valence-corrected chi connectivity index (χ4v) is 5.64. The molecular formula is C24H27N5O8S3. The molecule has 2 heterocycles. The Hall–Kier alpha value is -4.02. The second kappa shape index (κ2) is 13.4. The number of esters is 2. The molecule has 1 aromatic carbocycles. The van der Waals surface area contributed by atoms with Gasteiger partial charge in [-0.25, -0.2) is 18.0 Å². The number of ether oxygens (including phenoxy) is 4. The number of aromatic nitrogens is 2. The van der Waals surface area contributed by atoms with Crippen molar-refractivity contribution in [3.63, 3.8) is 0 Å². The summed E-state index contributed by atoms with van der Waals surface area (Å²) in [5.41, 5.74) is 1.04. The number of thiophene rings is 1. The average molecular weight is 610 g/mol. The number of sulfonamides is 1. The minimum atomic E-state index is -4.01. The van der Waals surface area contributed by atoms with Crippen LogP contribution in [0.2, 0.25) is 0 Å². The highest BCUT2D eigenvalue weighted by Gasteiger charge is 2.27. The van der Waals surface area contributed by atoms with Gasteiger partial charge in [0.25, 0.3) is 10.0 Å². The highest BCUT2D eigenvalue weighted by atomic mass is 32.2. The van der Waals surface area contributed by atoms with E-state index in [4.69, 9.17) is 31.2 Å². The SMILES string of the molecule is CCOC(=O)c1sc(NC(=S)Nc2ccc(S(=O)(=O)Nc3cc(OC)nc(OC)n3)cc2)c(C(=O)OCC)c1C. The van der Waals surface area contributed by atoms with E-state index in [0.717, 1.165) is 11.3 Å². The molecule has 3 N–H and O–H groups in total. The summed E-state index contributed by atoms with van der Waals surface area (Å²) in [5.74, 6) is -1.10. The number of carbonyl (C=O) groups excluding carboxylic acids is 2. The van der Waals surface area contributed by atoms with E-state index < -0.39 is 22.0 Å². The Bertz CT molecular complexity index is 1490. The molecule has 13 nitrogen and oxygen atoms in total. The average Bonchev–Trinajstić information content (AvgIpc) is 3.24. The summed E-state index contributed by atoms with van der Waals surface area (Å²) in [4.78, 5) is 33.1. The third-order valence-electron chi connectivity index (χ3n) is 5.05. The Labute approximate surface area is 240 Å². The lowest BCUT2D eigenvalue weighted by molar-refractivity contribution is 0.0527. The van der Waals surface area contributed by atoms with Gasteiger partial charge in [-0.3, -0.25) is 4.72 Å². The van der Waals surface area contributed by atoms with E-state index in [0.29, 0.717) is 16.3 Å². The van der Waals surface area contributed by atoms with E-state index in [2.05, 4.69) is 25.3 Å². The molecule has 0 amide bonds. The van der Waals surface area contributed by atoms with Gasteiger partial charge in [0.2, 0.25) is 5.88 Å². The third kappa shape index (κ3) is 7.34. The monoisotopic (exact) mass is 609 g/mol. The lowest BCUT2D eigenvalue weighted by Crippen LogP contribution is -2.20. The third-order valence-corrected chi connectivity index (χ3v) is 7.81. The Morgan fingerprint density at radius 1 is 0.975 bits per heavy atom. The Morgan fingerprint density at radius 3 is 2.23 bits per heavy atom. The summed E-state index contributed by atoms with van der Waals surface area (Å²) in [6, 6.07) is 6.96. The number of hydrogen-bond donors (Lipinski definition) is 3. The Balaban J connectivity index is 1.76. The Morgan fingerprint density at radius 2 is 1.62 bits per heavy atom. The van der Waals surface area contributed by atoms with Crippen LogP contribution in [0.4, 0.5) is 16.5 Å². The van der Waals surface area contributed by atoms with Gasteiger partial charge in [0.15, 0.2) is 10.9 Å². The highest BCUT2D eigenvalue weighted by molar-refractivity contribution is 7.92. The molecule has 0 atom stereocenters. The van der Waals surface area contributed by atoms with Crippen molar-refractivity contribution in [3.05, 3.63) is 46.3 Å². The van der Waals surface area contributed by atoms with E-state index >= 15 is 0 Å². The zero-order valence-electron chi connectivity index (χ0n) is 22.2. The predicted octanol–water partition coefficient (Wildman–Crippen LogP) is 3.83. The number of hydrogen-bond acceptors (Lipinski definition) is 12. The van der Waals surface area contributed by atoms with Crippen molar-refractivity contribution in [1.29, 1.82) is 0 Å². The summed E-state index contributed by atoms with van der Waals surface area (Å²) in [6.07, 6.45) is 0. The zero-order chi connectivity index (χ0) is 29.4. The number of nitrogens with one attached hydrogen (secondary N) is 3. The van der Waals surface area contributed by atoms with E-state index in [1.807, 2.05) is 0 Å². The van der Waals surface area contributed by atoms with Gasteiger partial charge in [0.1, 0.15) is 9.88 Å². The minimum Gasteiger partial charge on any atom is -0.481 e. The summed E-state index contributed by atoms with van der Waals surface area (Å²) in [6.45, 7) is 5.30. The normalized spacial score (nSPS) is 10.8. The Kier molecular flexibility index (Phi) is 10.2. The van der Waals surface area contributed by atoms with Gasteiger partial charge in [-0.1, -0.05) is 0 Å². The molecule has 0 aliphatic carbocycles. The molecular weight excluding hydrogens is 582 g/mol. The van der Waals surface area contributed by atoms with Gasteiger partial charge in [-0.15, -0.1) is 11.3 Å². The maximum Gasteiger partial charge on any atom is 0.348 e. The first-order chi connectivity index (χ1) is 19.0. The van der Waals surface area contributed by atoms with Crippen LogP contribution in [0.15, 0.2) is 35.2 Å². The molecule has 0 fully saturated rings. The van der Waals surface area contributed by atoms with Gasteiger partial charge in [0, 0.05) is 11.8 Å². The maximum atomic E-state index is 12.9. The minimum absolute atomic E-state index is 0.0397. The number of rotatable bonds is 11. The van der Waals surface area contributed by atoms with E-state index in [1.165, 1.54) is 44.6 Å². The van der Waals surface area contributed by atoms with Crippen LogP contribution in [0.5, 0.6) is 11.9 Å². The molecule has 0 radical (unpaired) electrons. The molecule has 3 aromatic rings. The first-order valence-electron chi connectivity index (χ1n) is 11.7. The van der Waals surface area contributed by atoms with Crippen LogP contribution in [0, 0.1) is 6.92 Å². The van der Waals surface area contributed by atoms with Gasteiger partial charge >= 0.3 is 17.9 Å². The standard InChI is InChI=1S/C24H27N5O8S3/c1-6-36-21(30)18-13(3)19(22(31)37-7-2)39-20(18)28-24(38)25-14-8-10-15(11-9-14)40(32,33)29-16-12-17(34-4)27-23(26-16)35-5/h8-12H,6-7H2,1-5H3,(H2,25,28,38)(H,26,27,29). The van der Waals surface area contributed by atoms with Crippen molar-refractivity contribution < 1.29 is 37.0 Å². The van der Waals surface area contributed by atoms with Crippen LogP contribution < -0.4 is 24.8 Å². The van der Waals surface area contributed by atoms with Crippen molar-refractivity contribution in [2.24, 2.45) is 0 Å². The number of anilines is 3. The molecule has 0 bridgehead atoms.